The zero-order valence-electron chi connectivity index (χ0n) is 8.61. The minimum atomic E-state index is -0.193. The van der Waals surface area contributed by atoms with Gasteiger partial charge in [0.05, 0.1) is 12.1 Å². The number of nitrogens with zero attached hydrogens (tertiary/aromatic N) is 1. The number of Topliss-reactive ketones (excluding diaryl/α,β-unsaturated/α-hetero) is 1. The van der Waals surface area contributed by atoms with Gasteiger partial charge in [-0.25, -0.2) is 0 Å². The van der Waals surface area contributed by atoms with Crippen LogP contribution in [0.1, 0.15) is 16.8 Å². The molecular weight excluding hydrogens is 224 g/mol. The summed E-state index contributed by atoms with van der Waals surface area (Å²) in [5.41, 5.74) is 0.662. The number of nitriles is 1. The Morgan fingerprint density at radius 3 is 2.69 bits per heavy atom. The second-order valence-corrected chi connectivity index (χ2v) is 4.33. The van der Waals surface area contributed by atoms with Gasteiger partial charge < -0.3 is 5.32 Å². The van der Waals surface area contributed by atoms with Gasteiger partial charge in [-0.15, -0.1) is 0 Å². The molecule has 1 aliphatic rings. The van der Waals surface area contributed by atoms with Crippen LogP contribution in [-0.4, -0.2) is 18.4 Å². The highest BCUT2D eigenvalue weighted by Gasteiger charge is 2.29. The number of carbonyl (C=O) groups is 1. The molecular formula is C12H11ClN2O. The molecule has 0 bridgehead atoms. The minimum absolute atomic E-state index is 0.0851. The first-order valence-corrected chi connectivity index (χ1v) is 5.51. The average Bonchev–Trinajstić information content (AvgIpc) is 2.77. The highest BCUT2D eigenvalue weighted by molar-refractivity contribution is 6.30. The summed E-state index contributed by atoms with van der Waals surface area (Å²) < 4.78 is 0. The topological polar surface area (TPSA) is 52.9 Å². The van der Waals surface area contributed by atoms with Gasteiger partial charge in [-0.1, -0.05) is 11.6 Å². The fourth-order valence-electron chi connectivity index (χ4n) is 1.88. The fourth-order valence-corrected chi connectivity index (χ4v) is 2.01. The summed E-state index contributed by atoms with van der Waals surface area (Å²) in [7, 11) is 0. The second kappa shape index (κ2) is 4.65. The summed E-state index contributed by atoms with van der Waals surface area (Å²) in [4.78, 5) is 12.0. The van der Waals surface area contributed by atoms with Crippen molar-refractivity contribution < 1.29 is 4.79 Å². The quantitative estimate of drug-likeness (QED) is 0.797. The number of halogens is 1. The van der Waals surface area contributed by atoms with E-state index in [2.05, 4.69) is 11.4 Å². The smallest absolute Gasteiger partial charge is 0.167 e. The maximum atomic E-state index is 12.0. The van der Waals surface area contributed by atoms with Crippen LogP contribution < -0.4 is 5.32 Å². The van der Waals surface area contributed by atoms with Crippen LogP contribution in [0.25, 0.3) is 0 Å². The molecule has 0 spiro atoms. The molecule has 0 radical (unpaired) electrons. The zero-order chi connectivity index (χ0) is 11.5. The maximum Gasteiger partial charge on any atom is 0.167 e. The first-order chi connectivity index (χ1) is 7.70. The van der Waals surface area contributed by atoms with Crippen molar-refractivity contribution in [3.63, 3.8) is 0 Å². The molecule has 0 amide bonds. The molecule has 2 atom stereocenters. The molecule has 2 rings (SSSR count). The Kier molecular flexibility index (Phi) is 3.23. The van der Waals surface area contributed by atoms with Crippen LogP contribution in [0, 0.1) is 17.2 Å². The van der Waals surface area contributed by atoms with Crippen LogP contribution in [0.2, 0.25) is 5.02 Å². The Hall–Kier alpha value is -1.37. The zero-order valence-corrected chi connectivity index (χ0v) is 9.37. The van der Waals surface area contributed by atoms with Crippen LogP contribution in [-0.2, 0) is 0 Å². The average molecular weight is 235 g/mol. The van der Waals surface area contributed by atoms with E-state index in [0.717, 1.165) is 0 Å². The third kappa shape index (κ3) is 2.24. The lowest BCUT2D eigenvalue weighted by Crippen LogP contribution is -2.20. The molecule has 1 N–H and O–H groups in total. The number of benzene rings is 1. The molecule has 1 saturated heterocycles. The molecule has 82 valence electrons. The van der Waals surface area contributed by atoms with E-state index in [-0.39, 0.29) is 17.7 Å². The first-order valence-electron chi connectivity index (χ1n) is 5.13. The van der Waals surface area contributed by atoms with Gasteiger partial charge in [0.2, 0.25) is 0 Å². The number of carbonyl (C=O) groups excluding carboxylic acids is 1. The molecule has 1 fully saturated rings. The number of hydrogen-bond donors (Lipinski definition) is 1. The summed E-state index contributed by atoms with van der Waals surface area (Å²) in [6.45, 7) is 0.583. The van der Waals surface area contributed by atoms with Gasteiger partial charge in [-0.05, 0) is 30.7 Å². The van der Waals surface area contributed by atoms with E-state index in [4.69, 9.17) is 16.9 Å². The SMILES string of the molecule is N#CC1CC(C(=O)c2ccc(Cl)cc2)CN1. The van der Waals surface area contributed by atoms with Crippen molar-refractivity contribution in [1.82, 2.24) is 5.32 Å². The lowest BCUT2D eigenvalue weighted by Gasteiger charge is -2.06. The number of nitrogens with one attached hydrogen (secondary N) is 1. The van der Waals surface area contributed by atoms with Gasteiger partial charge in [-0.2, -0.15) is 5.26 Å². The molecule has 1 aromatic carbocycles. The third-order valence-electron chi connectivity index (χ3n) is 2.79. The Balaban J connectivity index is 2.09. The Labute approximate surface area is 99.0 Å². The summed E-state index contributed by atoms with van der Waals surface area (Å²) in [6, 6.07) is 8.80. The lowest BCUT2D eigenvalue weighted by molar-refractivity contribution is 0.0929. The van der Waals surface area contributed by atoms with Gasteiger partial charge in [0.1, 0.15) is 0 Å². The van der Waals surface area contributed by atoms with Crippen LogP contribution in [0.15, 0.2) is 24.3 Å². The van der Waals surface area contributed by atoms with E-state index in [9.17, 15) is 4.79 Å². The van der Waals surface area contributed by atoms with E-state index in [1.165, 1.54) is 0 Å². The molecule has 16 heavy (non-hydrogen) atoms. The van der Waals surface area contributed by atoms with Crippen LogP contribution in [0.5, 0.6) is 0 Å². The number of ketones is 1. The molecule has 4 heteroatoms. The third-order valence-corrected chi connectivity index (χ3v) is 3.04. The second-order valence-electron chi connectivity index (χ2n) is 3.89. The highest BCUT2D eigenvalue weighted by Crippen LogP contribution is 2.20. The van der Waals surface area contributed by atoms with Crippen molar-refractivity contribution >= 4 is 17.4 Å². The lowest BCUT2D eigenvalue weighted by atomic mass is 9.95. The molecule has 0 aromatic heterocycles. The molecule has 0 aliphatic carbocycles. The van der Waals surface area contributed by atoms with E-state index >= 15 is 0 Å². The van der Waals surface area contributed by atoms with E-state index < -0.39 is 0 Å². The standard InChI is InChI=1S/C12H11ClN2O/c13-10-3-1-8(2-4-10)12(16)9-5-11(6-14)15-7-9/h1-4,9,11,15H,5,7H2. The molecule has 1 heterocycles. The van der Waals surface area contributed by atoms with E-state index in [1.54, 1.807) is 24.3 Å². The maximum absolute atomic E-state index is 12.0. The number of rotatable bonds is 2. The normalized spacial score (nSPS) is 24.0. The largest absolute Gasteiger partial charge is 0.301 e. The van der Waals surface area contributed by atoms with Crippen molar-refractivity contribution in [2.75, 3.05) is 6.54 Å². The summed E-state index contributed by atoms with van der Waals surface area (Å²) in [5, 5.41) is 12.4. The van der Waals surface area contributed by atoms with E-state index in [1.807, 2.05) is 0 Å². The van der Waals surface area contributed by atoms with Gasteiger partial charge in [-0.3, -0.25) is 4.79 Å². The molecule has 3 nitrogen and oxygen atoms in total. The van der Waals surface area contributed by atoms with Gasteiger partial charge in [0, 0.05) is 23.0 Å². The first kappa shape index (κ1) is 11.1. The highest BCUT2D eigenvalue weighted by atomic mass is 35.5. The molecule has 1 aliphatic heterocycles. The van der Waals surface area contributed by atoms with Crippen molar-refractivity contribution in [2.45, 2.75) is 12.5 Å². The van der Waals surface area contributed by atoms with E-state index in [0.29, 0.717) is 23.6 Å². The van der Waals surface area contributed by atoms with Crippen molar-refractivity contribution in [3.05, 3.63) is 34.9 Å². The van der Waals surface area contributed by atoms with Gasteiger partial charge in [0.15, 0.2) is 5.78 Å². The van der Waals surface area contributed by atoms with Crippen LogP contribution >= 0.6 is 11.6 Å². The van der Waals surface area contributed by atoms with Crippen LogP contribution in [0.4, 0.5) is 0 Å². The van der Waals surface area contributed by atoms with Crippen LogP contribution in [0.3, 0.4) is 0 Å². The predicted molar refractivity (Wildman–Crippen MR) is 61.3 cm³/mol. The Morgan fingerprint density at radius 2 is 2.12 bits per heavy atom. The Bertz CT molecular complexity index is 435. The predicted octanol–water partition coefficient (Wildman–Crippen LogP) is 2.02. The molecule has 2 unspecified atom stereocenters. The van der Waals surface area contributed by atoms with Crippen molar-refractivity contribution in [2.24, 2.45) is 5.92 Å². The summed E-state index contributed by atoms with van der Waals surface area (Å²) in [5.74, 6) is -0.00672. The molecule has 0 saturated carbocycles. The molecule has 1 aromatic rings. The van der Waals surface area contributed by atoms with Crippen molar-refractivity contribution in [3.8, 4) is 6.07 Å². The summed E-state index contributed by atoms with van der Waals surface area (Å²) in [6.07, 6.45) is 0.595. The number of hydrogen-bond acceptors (Lipinski definition) is 3. The fraction of sp³-hybridized carbons (Fsp3) is 0.333. The van der Waals surface area contributed by atoms with Gasteiger partial charge >= 0.3 is 0 Å². The summed E-state index contributed by atoms with van der Waals surface area (Å²) >= 11 is 5.75. The Morgan fingerprint density at radius 1 is 1.44 bits per heavy atom. The van der Waals surface area contributed by atoms with Crippen molar-refractivity contribution in [1.29, 1.82) is 5.26 Å². The minimum Gasteiger partial charge on any atom is -0.301 e. The van der Waals surface area contributed by atoms with Gasteiger partial charge in [0.25, 0.3) is 0 Å². The monoisotopic (exact) mass is 234 g/mol.